The molecule has 0 aliphatic carbocycles. The van der Waals surface area contributed by atoms with Gasteiger partial charge in [-0.25, -0.2) is 0 Å². The van der Waals surface area contributed by atoms with Crippen LogP contribution < -0.4 is 5.73 Å². The van der Waals surface area contributed by atoms with Crippen molar-refractivity contribution < 1.29 is 9.47 Å². The second-order valence-corrected chi connectivity index (χ2v) is 2.94. The summed E-state index contributed by atoms with van der Waals surface area (Å²) in [5.74, 6) is -0.512. The Kier molecular flexibility index (Phi) is 1.99. The lowest BCUT2D eigenvalue weighted by molar-refractivity contribution is -0.139. The lowest BCUT2D eigenvalue weighted by atomic mass is 10.2. The Balaban J connectivity index is 2.43. The van der Waals surface area contributed by atoms with Crippen molar-refractivity contribution in [3.8, 4) is 0 Å². The highest BCUT2D eigenvalue weighted by Gasteiger charge is 2.34. The summed E-state index contributed by atoms with van der Waals surface area (Å²) in [5, 5.41) is 0. The van der Waals surface area contributed by atoms with E-state index in [-0.39, 0.29) is 6.10 Å². The third-order valence-corrected chi connectivity index (χ3v) is 1.46. The smallest absolute Gasteiger partial charge is 0.163 e. The van der Waals surface area contributed by atoms with E-state index in [1.54, 1.807) is 0 Å². The summed E-state index contributed by atoms with van der Waals surface area (Å²) >= 11 is 0. The maximum atomic E-state index is 5.39. The average molecular weight is 143 g/mol. The molecule has 1 aliphatic heterocycles. The Hall–Kier alpha value is -0.120. The van der Waals surface area contributed by atoms with Crippen molar-refractivity contribution in [2.45, 2.75) is 31.8 Å². The van der Waals surface area contributed by atoms with Crippen LogP contribution >= 0.6 is 0 Å². The fourth-order valence-electron chi connectivity index (χ4n) is 0.905. The first kappa shape index (κ1) is 7.98. The average Bonchev–Trinajstić information content (AvgIpc) is 2.10. The van der Waals surface area contributed by atoms with Crippen LogP contribution in [0.2, 0.25) is 0 Å². The van der Waals surface area contributed by atoms with E-state index in [0.29, 0.717) is 6.61 Å². The molecule has 3 heteroatoms. The molecule has 0 aromatic carbocycles. The molecule has 10 heavy (non-hydrogen) atoms. The highest BCUT2D eigenvalue weighted by molar-refractivity contribution is 4.81. The van der Waals surface area contributed by atoms with Gasteiger partial charge in [0.15, 0.2) is 5.79 Å². The first-order chi connectivity index (χ1) is 4.51. The van der Waals surface area contributed by atoms with E-state index >= 15 is 0 Å². The molecule has 0 unspecified atom stereocenters. The molecule has 0 spiro atoms. The summed E-state index contributed by atoms with van der Waals surface area (Å²) in [6, 6.07) is -0.443. The van der Waals surface area contributed by atoms with Crippen molar-refractivity contribution >= 4 is 0 Å². The largest absolute Gasteiger partial charge is 0.348 e. The molecule has 1 rings (SSSR count). The summed E-state index contributed by atoms with van der Waals surface area (Å²) < 4.78 is 10.6. The molecule has 0 aromatic rings. The van der Waals surface area contributed by atoms with E-state index in [0.717, 1.165) is 0 Å². The molecule has 0 saturated carbocycles. The van der Waals surface area contributed by atoms with Gasteiger partial charge in [-0.05, 0) is 20.8 Å². The van der Waals surface area contributed by atoms with Crippen LogP contribution in [0, 0.1) is 6.92 Å². The summed E-state index contributed by atoms with van der Waals surface area (Å²) in [7, 11) is 0. The summed E-state index contributed by atoms with van der Waals surface area (Å²) in [6.07, 6.45) is -0.157. The predicted octanol–water partition coefficient (Wildman–Crippen LogP) is 0.176. The zero-order valence-electron chi connectivity index (χ0n) is 6.33. The van der Waals surface area contributed by atoms with Crippen LogP contribution in [0.4, 0.5) is 0 Å². The minimum atomic E-state index is -0.512. The van der Waals surface area contributed by atoms with Crippen LogP contribution in [0.3, 0.4) is 0 Å². The van der Waals surface area contributed by atoms with Gasteiger partial charge in [0.05, 0.1) is 12.7 Å². The van der Waals surface area contributed by atoms with Crippen molar-refractivity contribution in [3.63, 3.8) is 0 Å². The third kappa shape index (κ3) is 1.68. The van der Waals surface area contributed by atoms with Crippen molar-refractivity contribution in [1.82, 2.24) is 0 Å². The number of nitrogens with two attached hydrogens (primary N) is 1. The molecule has 1 fully saturated rings. The van der Waals surface area contributed by atoms with Gasteiger partial charge in [-0.3, -0.25) is 0 Å². The summed E-state index contributed by atoms with van der Waals surface area (Å²) in [6.45, 7) is 9.57. The third-order valence-electron chi connectivity index (χ3n) is 1.46. The second kappa shape index (κ2) is 2.49. The van der Waals surface area contributed by atoms with Gasteiger partial charge >= 0.3 is 0 Å². The zero-order chi connectivity index (χ0) is 7.78. The monoisotopic (exact) mass is 143 g/mol. The topological polar surface area (TPSA) is 44.5 Å². The molecule has 1 aliphatic rings. The molecule has 58 valence electrons. The molecular weight excluding hydrogens is 130 g/mol. The fraction of sp³-hybridized carbons (Fsp3) is 0.857. The quantitative estimate of drug-likeness (QED) is 0.569. The van der Waals surface area contributed by atoms with Gasteiger partial charge in [0.2, 0.25) is 0 Å². The van der Waals surface area contributed by atoms with Crippen LogP contribution in [-0.2, 0) is 9.47 Å². The SMILES string of the molecule is [CH][C@H](N)[C@@H]1COC(C)(C)O1. The lowest BCUT2D eigenvalue weighted by Gasteiger charge is -2.18. The number of ether oxygens (including phenoxy) is 2. The summed E-state index contributed by atoms with van der Waals surface area (Å²) in [4.78, 5) is 0. The first-order valence-corrected chi connectivity index (χ1v) is 3.34. The molecular formula is C7H13NO2. The Morgan fingerprint density at radius 1 is 1.70 bits per heavy atom. The first-order valence-electron chi connectivity index (χ1n) is 3.34. The second-order valence-electron chi connectivity index (χ2n) is 2.94. The van der Waals surface area contributed by atoms with Gasteiger partial charge in [-0.15, -0.1) is 0 Å². The molecule has 3 nitrogen and oxygen atoms in total. The van der Waals surface area contributed by atoms with Crippen molar-refractivity contribution in [1.29, 1.82) is 0 Å². The molecule has 1 heterocycles. The maximum absolute atomic E-state index is 5.39. The van der Waals surface area contributed by atoms with Crippen LogP contribution in [0.15, 0.2) is 0 Å². The van der Waals surface area contributed by atoms with Crippen LogP contribution in [0.25, 0.3) is 0 Å². The van der Waals surface area contributed by atoms with Gasteiger partial charge in [0.25, 0.3) is 0 Å². The van der Waals surface area contributed by atoms with Gasteiger partial charge in [-0.2, -0.15) is 0 Å². The predicted molar refractivity (Wildman–Crippen MR) is 37.2 cm³/mol. The maximum Gasteiger partial charge on any atom is 0.163 e. The normalized spacial score (nSPS) is 34.2. The van der Waals surface area contributed by atoms with E-state index in [1.807, 2.05) is 13.8 Å². The van der Waals surface area contributed by atoms with Gasteiger partial charge < -0.3 is 15.2 Å². The number of hydrogen-bond donors (Lipinski definition) is 1. The Morgan fingerprint density at radius 2 is 2.30 bits per heavy atom. The van der Waals surface area contributed by atoms with Crippen molar-refractivity contribution in [3.05, 3.63) is 6.92 Å². The molecule has 1 saturated heterocycles. The van der Waals surface area contributed by atoms with Crippen molar-refractivity contribution in [2.24, 2.45) is 5.73 Å². The van der Waals surface area contributed by atoms with Gasteiger partial charge in [-0.1, -0.05) is 0 Å². The van der Waals surface area contributed by atoms with Gasteiger partial charge in [0, 0.05) is 6.04 Å². The van der Waals surface area contributed by atoms with E-state index < -0.39 is 11.8 Å². The Morgan fingerprint density at radius 3 is 2.50 bits per heavy atom. The molecule has 0 bridgehead atoms. The van der Waals surface area contributed by atoms with Crippen molar-refractivity contribution in [2.75, 3.05) is 6.61 Å². The van der Waals surface area contributed by atoms with Crippen LogP contribution in [0.1, 0.15) is 13.8 Å². The van der Waals surface area contributed by atoms with E-state index in [4.69, 9.17) is 22.1 Å². The molecule has 0 aromatic heterocycles. The number of rotatable bonds is 1. The minimum absolute atomic E-state index is 0.157. The number of hydrogen-bond acceptors (Lipinski definition) is 3. The summed E-state index contributed by atoms with van der Waals surface area (Å²) in [5.41, 5.74) is 5.39. The standard InChI is InChI=1S/C7H13NO2/c1-5(8)6-4-9-7(2,3)10-6/h1,5-6H,4,8H2,2-3H3/t5-,6-/m0/s1. The fourth-order valence-corrected chi connectivity index (χ4v) is 0.905. The van der Waals surface area contributed by atoms with Gasteiger partial charge in [0.1, 0.15) is 0 Å². The van der Waals surface area contributed by atoms with E-state index in [1.165, 1.54) is 0 Å². The molecule has 2 N–H and O–H groups in total. The molecule has 2 radical (unpaired) electrons. The van der Waals surface area contributed by atoms with E-state index in [9.17, 15) is 0 Å². The van der Waals surface area contributed by atoms with Crippen LogP contribution in [-0.4, -0.2) is 24.5 Å². The Labute approximate surface area is 61.5 Å². The highest BCUT2D eigenvalue weighted by atomic mass is 16.7. The van der Waals surface area contributed by atoms with E-state index in [2.05, 4.69) is 0 Å². The Bertz CT molecular complexity index is 123. The highest BCUT2D eigenvalue weighted by Crippen LogP contribution is 2.22. The van der Waals surface area contributed by atoms with Crippen LogP contribution in [0.5, 0.6) is 0 Å². The minimum Gasteiger partial charge on any atom is -0.348 e. The molecule has 0 amide bonds. The zero-order valence-corrected chi connectivity index (χ0v) is 6.33. The lowest BCUT2D eigenvalue weighted by Crippen LogP contribution is -2.35. The molecule has 2 atom stereocenters.